The van der Waals surface area contributed by atoms with Crippen molar-refractivity contribution < 1.29 is 9.84 Å². The molecule has 3 N–H and O–H groups in total. The summed E-state index contributed by atoms with van der Waals surface area (Å²) in [4.78, 5) is 0. The van der Waals surface area contributed by atoms with Gasteiger partial charge < -0.3 is 15.6 Å². The molecule has 3 nitrogen and oxygen atoms in total. The van der Waals surface area contributed by atoms with Crippen LogP contribution in [0.1, 0.15) is 39.5 Å². The Morgan fingerprint density at radius 2 is 2.17 bits per heavy atom. The van der Waals surface area contributed by atoms with Crippen molar-refractivity contribution in [3.8, 4) is 0 Å². The van der Waals surface area contributed by atoms with Crippen LogP contribution in [0.25, 0.3) is 0 Å². The van der Waals surface area contributed by atoms with E-state index in [0.29, 0.717) is 18.4 Å². The van der Waals surface area contributed by atoms with E-state index in [1.54, 1.807) is 0 Å². The lowest BCUT2D eigenvalue weighted by Crippen LogP contribution is -2.23. The van der Waals surface area contributed by atoms with Gasteiger partial charge in [0.25, 0.3) is 0 Å². The number of hydrogen-bond acceptors (Lipinski definition) is 3. The van der Waals surface area contributed by atoms with Crippen LogP contribution in [0.2, 0.25) is 0 Å². The number of nitrogens with two attached hydrogens (primary N) is 1. The SMILES string of the molecule is CCC(CC)COC1=CC=CC(C[C@@H](O)CN)C1. The first-order chi connectivity index (χ1) is 8.69. The number of hydrogen-bond donors (Lipinski definition) is 2. The van der Waals surface area contributed by atoms with Crippen molar-refractivity contribution in [1.29, 1.82) is 0 Å². The first-order valence-corrected chi connectivity index (χ1v) is 7.07. The highest BCUT2D eigenvalue weighted by molar-refractivity contribution is 5.16. The third kappa shape index (κ3) is 5.23. The molecule has 1 aliphatic rings. The second-order valence-electron chi connectivity index (χ2n) is 5.10. The second kappa shape index (κ2) is 8.33. The Bertz CT molecular complexity index is 282. The summed E-state index contributed by atoms with van der Waals surface area (Å²) < 4.78 is 5.87. The van der Waals surface area contributed by atoms with E-state index in [1.165, 1.54) is 0 Å². The van der Waals surface area contributed by atoms with E-state index < -0.39 is 6.10 Å². The highest BCUT2D eigenvalue weighted by Gasteiger charge is 2.16. The zero-order chi connectivity index (χ0) is 13.4. The summed E-state index contributed by atoms with van der Waals surface area (Å²) in [5.41, 5.74) is 5.44. The number of aliphatic hydroxyl groups is 1. The van der Waals surface area contributed by atoms with Gasteiger partial charge >= 0.3 is 0 Å². The maximum absolute atomic E-state index is 9.57. The van der Waals surface area contributed by atoms with Crippen LogP contribution in [-0.4, -0.2) is 24.4 Å². The molecule has 0 aromatic carbocycles. The lowest BCUT2D eigenvalue weighted by molar-refractivity contribution is 0.131. The molecule has 18 heavy (non-hydrogen) atoms. The zero-order valence-corrected chi connectivity index (χ0v) is 11.6. The Balaban J connectivity index is 2.35. The largest absolute Gasteiger partial charge is 0.498 e. The summed E-state index contributed by atoms with van der Waals surface area (Å²) in [7, 11) is 0. The average molecular weight is 253 g/mol. The number of rotatable bonds is 8. The fraction of sp³-hybridized carbons (Fsp3) is 0.733. The van der Waals surface area contributed by atoms with E-state index in [9.17, 15) is 5.11 Å². The van der Waals surface area contributed by atoms with E-state index >= 15 is 0 Å². The van der Waals surface area contributed by atoms with Gasteiger partial charge in [-0.25, -0.2) is 0 Å². The minimum Gasteiger partial charge on any atom is -0.498 e. The van der Waals surface area contributed by atoms with Crippen LogP contribution in [0.5, 0.6) is 0 Å². The van der Waals surface area contributed by atoms with Crippen LogP contribution in [0.4, 0.5) is 0 Å². The fourth-order valence-corrected chi connectivity index (χ4v) is 2.18. The molecular weight excluding hydrogens is 226 g/mol. The van der Waals surface area contributed by atoms with Crippen molar-refractivity contribution in [3.63, 3.8) is 0 Å². The van der Waals surface area contributed by atoms with Crippen molar-refractivity contribution in [2.24, 2.45) is 17.6 Å². The van der Waals surface area contributed by atoms with Crippen molar-refractivity contribution in [2.45, 2.75) is 45.6 Å². The topological polar surface area (TPSA) is 55.5 Å². The Morgan fingerprint density at radius 1 is 1.44 bits per heavy atom. The minimum atomic E-state index is -0.405. The van der Waals surface area contributed by atoms with Gasteiger partial charge in [-0.3, -0.25) is 0 Å². The molecule has 2 atom stereocenters. The van der Waals surface area contributed by atoms with Crippen LogP contribution >= 0.6 is 0 Å². The predicted octanol–water partition coefficient (Wildman–Crippen LogP) is 2.61. The fourth-order valence-electron chi connectivity index (χ4n) is 2.18. The lowest BCUT2D eigenvalue weighted by Gasteiger charge is -2.22. The molecule has 0 amide bonds. The molecule has 0 aromatic heterocycles. The first kappa shape index (κ1) is 15.3. The third-order valence-electron chi connectivity index (χ3n) is 3.63. The summed E-state index contributed by atoms with van der Waals surface area (Å²) in [6.07, 6.45) is 9.71. The monoisotopic (exact) mass is 253 g/mol. The van der Waals surface area contributed by atoms with E-state index in [1.807, 2.05) is 12.2 Å². The quantitative estimate of drug-likeness (QED) is 0.699. The maximum Gasteiger partial charge on any atom is 0.0965 e. The summed E-state index contributed by atoms with van der Waals surface area (Å²) in [5, 5.41) is 9.57. The van der Waals surface area contributed by atoms with Gasteiger partial charge in [0.15, 0.2) is 0 Å². The molecule has 0 heterocycles. The summed E-state index contributed by atoms with van der Waals surface area (Å²) in [5.74, 6) is 2.04. The Morgan fingerprint density at radius 3 is 2.78 bits per heavy atom. The molecule has 3 heteroatoms. The van der Waals surface area contributed by atoms with Crippen LogP contribution in [0, 0.1) is 11.8 Å². The molecule has 0 saturated heterocycles. The lowest BCUT2D eigenvalue weighted by atomic mass is 9.93. The molecule has 0 spiro atoms. The Kier molecular flexibility index (Phi) is 7.06. The Hall–Kier alpha value is -0.800. The van der Waals surface area contributed by atoms with Crippen LogP contribution in [-0.2, 0) is 4.74 Å². The maximum atomic E-state index is 9.57. The molecule has 0 aromatic rings. The molecule has 0 fully saturated rings. The van der Waals surface area contributed by atoms with E-state index in [-0.39, 0.29) is 0 Å². The van der Waals surface area contributed by atoms with Gasteiger partial charge in [-0.05, 0) is 24.3 Å². The van der Waals surface area contributed by atoms with Gasteiger partial charge in [0.1, 0.15) is 0 Å². The molecule has 0 aliphatic heterocycles. The minimum absolute atomic E-state index is 0.331. The van der Waals surface area contributed by atoms with Gasteiger partial charge in [-0.1, -0.05) is 38.8 Å². The van der Waals surface area contributed by atoms with Gasteiger partial charge in [0, 0.05) is 13.0 Å². The zero-order valence-electron chi connectivity index (χ0n) is 11.6. The number of allylic oxidation sites excluding steroid dienone is 4. The van der Waals surface area contributed by atoms with Gasteiger partial charge in [-0.2, -0.15) is 0 Å². The molecule has 0 radical (unpaired) electrons. The van der Waals surface area contributed by atoms with Crippen molar-refractivity contribution in [3.05, 3.63) is 24.0 Å². The van der Waals surface area contributed by atoms with Crippen LogP contribution in [0.3, 0.4) is 0 Å². The molecule has 0 saturated carbocycles. The van der Waals surface area contributed by atoms with E-state index in [2.05, 4.69) is 19.9 Å². The summed E-state index contributed by atoms with van der Waals surface area (Å²) in [6, 6.07) is 0. The average Bonchev–Trinajstić information content (AvgIpc) is 2.40. The van der Waals surface area contributed by atoms with E-state index in [0.717, 1.165) is 38.0 Å². The van der Waals surface area contributed by atoms with Crippen LogP contribution < -0.4 is 5.73 Å². The predicted molar refractivity (Wildman–Crippen MR) is 75.0 cm³/mol. The van der Waals surface area contributed by atoms with Gasteiger partial charge in [0.2, 0.25) is 0 Å². The van der Waals surface area contributed by atoms with E-state index in [4.69, 9.17) is 10.5 Å². The molecule has 104 valence electrons. The second-order valence-corrected chi connectivity index (χ2v) is 5.10. The molecule has 1 aliphatic carbocycles. The van der Waals surface area contributed by atoms with Gasteiger partial charge in [0.05, 0.1) is 18.5 Å². The Labute approximate surface area is 111 Å². The third-order valence-corrected chi connectivity index (χ3v) is 3.63. The molecule has 1 rings (SSSR count). The van der Waals surface area contributed by atoms with Crippen LogP contribution in [0.15, 0.2) is 24.0 Å². The number of ether oxygens (including phenoxy) is 1. The highest BCUT2D eigenvalue weighted by atomic mass is 16.5. The molecule has 1 unspecified atom stereocenters. The summed E-state index contributed by atoms with van der Waals surface area (Å²) >= 11 is 0. The molecular formula is C15H27NO2. The van der Waals surface area contributed by atoms with Crippen molar-refractivity contribution >= 4 is 0 Å². The standard InChI is InChI=1S/C15H27NO2/c1-3-12(4-2)11-18-15-7-5-6-13(9-15)8-14(17)10-16/h5-7,12-14,17H,3-4,8-11,16H2,1-2H3/t13?,14-/m1/s1. The normalized spacial score (nSPS) is 20.9. The number of aliphatic hydroxyl groups excluding tert-OH is 1. The van der Waals surface area contributed by atoms with Crippen molar-refractivity contribution in [1.82, 2.24) is 0 Å². The molecule has 0 bridgehead atoms. The smallest absolute Gasteiger partial charge is 0.0965 e. The first-order valence-electron chi connectivity index (χ1n) is 7.07. The van der Waals surface area contributed by atoms with Gasteiger partial charge in [-0.15, -0.1) is 0 Å². The summed E-state index contributed by atoms with van der Waals surface area (Å²) in [6.45, 7) is 5.54. The highest BCUT2D eigenvalue weighted by Crippen LogP contribution is 2.24. The van der Waals surface area contributed by atoms with Crippen molar-refractivity contribution in [2.75, 3.05) is 13.2 Å².